The van der Waals surface area contributed by atoms with Gasteiger partial charge in [0.1, 0.15) is 23.8 Å². The van der Waals surface area contributed by atoms with Gasteiger partial charge in [-0.1, -0.05) is 47.1 Å². The Bertz CT molecular complexity index is 768. The van der Waals surface area contributed by atoms with Crippen molar-refractivity contribution < 1.29 is 19.0 Å². The number of benzene rings is 2. The van der Waals surface area contributed by atoms with E-state index in [4.69, 9.17) is 4.74 Å². The van der Waals surface area contributed by atoms with Crippen LogP contribution in [0.4, 0.5) is 4.39 Å². The van der Waals surface area contributed by atoms with E-state index >= 15 is 0 Å². The van der Waals surface area contributed by atoms with Gasteiger partial charge in [-0.05, 0) is 41.3 Å². The zero-order chi connectivity index (χ0) is 19.4. The third-order valence-corrected chi connectivity index (χ3v) is 5.82. The number of carbonyl (C=O) groups excluding carboxylic acids is 1. The average Bonchev–Trinajstić information content (AvgIpc) is 2.68. The molecule has 1 aliphatic heterocycles. The molecule has 1 aliphatic rings. The van der Waals surface area contributed by atoms with Crippen molar-refractivity contribution in [3.05, 3.63) is 69.9 Å². The van der Waals surface area contributed by atoms with Gasteiger partial charge >= 0.3 is 0 Å². The molecule has 0 bridgehead atoms. The fraction of sp³-hybridized carbons (Fsp3) is 0.381. The van der Waals surface area contributed by atoms with Crippen LogP contribution in [0.3, 0.4) is 0 Å². The monoisotopic (exact) mass is 435 g/mol. The fourth-order valence-corrected chi connectivity index (χ4v) is 3.98. The van der Waals surface area contributed by atoms with Crippen molar-refractivity contribution in [3.63, 3.8) is 0 Å². The van der Waals surface area contributed by atoms with Gasteiger partial charge in [0, 0.05) is 30.1 Å². The Balaban J connectivity index is 1.86. The smallest absolute Gasteiger partial charge is 0.150 e. The van der Waals surface area contributed by atoms with Crippen LogP contribution in [0.2, 0.25) is 0 Å². The van der Waals surface area contributed by atoms with Crippen LogP contribution in [0.25, 0.3) is 0 Å². The number of hydrogen-bond acceptors (Lipinski definition) is 4. The van der Waals surface area contributed by atoms with E-state index in [1.807, 2.05) is 24.3 Å². The number of aliphatic hydroxyl groups excluding tert-OH is 1. The maximum absolute atomic E-state index is 13.3. The first-order valence-corrected chi connectivity index (χ1v) is 9.77. The molecule has 6 heteroatoms. The summed E-state index contributed by atoms with van der Waals surface area (Å²) >= 11 is 3.43. The van der Waals surface area contributed by atoms with Gasteiger partial charge in [0.05, 0.1) is 0 Å². The van der Waals surface area contributed by atoms with Crippen LogP contribution in [0.15, 0.2) is 53.0 Å². The van der Waals surface area contributed by atoms with Crippen molar-refractivity contribution in [1.82, 2.24) is 5.32 Å². The highest BCUT2D eigenvalue weighted by Gasteiger charge is 2.44. The van der Waals surface area contributed by atoms with Gasteiger partial charge in [-0.15, -0.1) is 0 Å². The van der Waals surface area contributed by atoms with Gasteiger partial charge in [0.25, 0.3) is 0 Å². The van der Waals surface area contributed by atoms with E-state index in [1.165, 1.54) is 12.1 Å². The Morgan fingerprint density at radius 1 is 1.30 bits per heavy atom. The largest absolute Gasteiger partial charge is 0.396 e. The second-order valence-corrected chi connectivity index (χ2v) is 7.86. The van der Waals surface area contributed by atoms with Crippen molar-refractivity contribution in [3.8, 4) is 0 Å². The van der Waals surface area contributed by atoms with Crippen LogP contribution < -0.4 is 5.32 Å². The van der Waals surface area contributed by atoms with Crippen molar-refractivity contribution in [2.75, 3.05) is 13.2 Å². The van der Waals surface area contributed by atoms with Crippen LogP contribution in [0, 0.1) is 5.82 Å². The molecular formula is C21H23BrFNO3. The number of nitrogens with one attached hydrogen (secondary N) is 1. The topological polar surface area (TPSA) is 58.6 Å². The number of hydrogen-bond donors (Lipinski definition) is 2. The SMILES string of the molecule is C[C@H](c1ccc(Br)cc1)C1NCC(CCO)(c2ccc(F)cc2)OC1C=O. The Kier molecular flexibility index (Phi) is 6.42. The van der Waals surface area contributed by atoms with E-state index < -0.39 is 11.7 Å². The molecule has 0 saturated carbocycles. The third kappa shape index (κ3) is 4.29. The zero-order valence-electron chi connectivity index (χ0n) is 15.1. The highest BCUT2D eigenvalue weighted by Crippen LogP contribution is 2.37. The number of halogens is 2. The number of aldehydes is 1. The van der Waals surface area contributed by atoms with Crippen molar-refractivity contribution in [2.45, 2.75) is 37.0 Å². The van der Waals surface area contributed by atoms with Crippen molar-refractivity contribution in [2.24, 2.45) is 0 Å². The van der Waals surface area contributed by atoms with Crippen LogP contribution in [-0.2, 0) is 15.1 Å². The Labute approximate surface area is 166 Å². The Morgan fingerprint density at radius 3 is 2.56 bits per heavy atom. The van der Waals surface area contributed by atoms with Crippen LogP contribution in [0.1, 0.15) is 30.4 Å². The highest BCUT2D eigenvalue weighted by atomic mass is 79.9. The molecule has 0 amide bonds. The molecular weight excluding hydrogens is 413 g/mol. The number of aliphatic hydroxyl groups is 1. The van der Waals surface area contributed by atoms with Gasteiger partial charge in [-0.25, -0.2) is 4.39 Å². The summed E-state index contributed by atoms with van der Waals surface area (Å²) in [5.41, 5.74) is 0.971. The van der Waals surface area contributed by atoms with E-state index in [2.05, 4.69) is 28.2 Å². The first-order valence-electron chi connectivity index (χ1n) is 8.98. The first kappa shape index (κ1) is 20.1. The molecule has 144 valence electrons. The average molecular weight is 436 g/mol. The van der Waals surface area contributed by atoms with Gasteiger partial charge in [-0.3, -0.25) is 0 Å². The number of carbonyl (C=O) groups is 1. The summed E-state index contributed by atoms with van der Waals surface area (Å²) in [6, 6.07) is 13.8. The summed E-state index contributed by atoms with van der Waals surface area (Å²) in [4.78, 5) is 11.8. The third-order valence-electron chi connectivity index (χ3n) is 5.29. The fourth-order valence-electron chi connectivity index (χ4n) is 3.72. The molecule has 1 saturated heterocycles. The molecule has 0 aromatic heterocycles. The lowest BCUT2D eigenvalue weighted by Gasteiger charge is -2.46. The van der Waals surface area contributed by atoms with E-state index in [0.29, 0.717) is 13.0 Å². The maximum atomic E-state index is 13.3. The quantitative estimate of drug-likeness (QED) is 0.681. The molecule has 2 N–H and O–H groups in total. The number of rotatable bonds is 6. The van der Waals surface area contributed by atoms with Gasteiger partial charge in [0.15, 0.2) is 0 Å². The predicted molar refractivity (Wildman–Crippen MR) is 105 cm³/mol. The Hall–Kier alpha value is -1.60. The Morgan fingerprint density at radius 2 is 1.96 bits per heavy atom. The van der Waals surface area contributed by atoms with Crippen molar-refractivity contribution in [1.29, 1.82) is 0 Å². The predicted octanol–water partition coefficient (Wildman–Crippen LogP) is 3.53. The molecule has 0 aliphatic carbocycles. The lowest BCUT2D eigenvalue weighted by molar-refractivity contribution is -0.160. The lowest BCUT2D eigenvalue weighted by atomic mass is 9.83. The van der Waals surface area contributed by atoms with Crippen LogP contribution in [-0.4, -0.2) is 36.7 Å². The van der Waals surface area contributed by atoms with E-state index in [1.54, 1.807) is 12.1 Å². The van der Waals surface area contributed by atoms with E-state index in [0.717, 1.165) is 21.9 Å². The summed E-state index contributed by atoms with van der Waals surface area (Å²) in [5, 5.41) is 13.0. The molecule has 4 nitrogen and oxygen atoms in total. The minimum atomic E-state index is -0.871. The summed E-state index contributed by atoms with van der Waals surface area (Å²) in [7, 11) is 0. The maximum Gasteiger partial charge on any atom is 0.150 e. The molecule has 0 spiro atoms. The molecule has 3 unspecified atom stereocenters. The van der Waals surface area contributed by atoms with Crippen molar-refractivity contribution >= 4 is 22.2 Å². The number of morpholine rings is 1. The minimum absolute atomic E-state index is 0.0497. The molecule has 3 rings (SSSR count). The number of ether oxygens (including phenoxy) is 1. The summed E-state index contributed by atoms with van der Waals surface area (Å²) in [6.07, 6.45) is 0.436. The summed E-state index contributed by atoms with van der Waals surface area (Å²) in [5.74, 6) is -0.288. The molecule has 2 aromatic carbocycles. The molecule has 27 heavy (non-hydrogen) atoms. The molecule has 4 atom stereocenters. The van der Waals surface area contributed by atoms with E-state index in [-0.39, 0.29) is 24.4 Å². The molecule has 2 aromatic rings. The molecule has 1 heterocycles. The second-order valence-electron chi connectivity index (χ2n) is 6.94. The summed E-state index contributed by atoms with van der Waals surface area (Å²) in [6.45, 7) is 2.38. The van der Waals surface area contributed by atoms with Crippen LogP contribution in [0.5, 0.6) is 0 Å². The standard InChI is InChI=1S/C21H23BrFNO3/c1-14(15-2-6-17(22)7-3-15)20-19(12-26)27-21(10-11-25,13-24-20)16-4-8-18(23)9-5-16/h2-9,12,14,19-20,24-25H,10-11,13H2,1H3/t14-,19?,20?,21?/m1/s1. The summed E-state index contributed by atoms with van der Waals surface area (Å²) < 4.78 is 20.6. The van der Waals surface area contributed by atoms with E-state index in [9.17, 15) is 14.3 Å². The second kappa shape index (κ2) is 8.61. The van der Waals surface area contributed by atoms with Gasteiger partial charge in [-0.2, -0.15) is 0 Å². The van der Waals surface area contributed by atoms with Crippen LogP contribution >= 0.6 is 15.9 Å². The first-order chi connectivity index (χ1) is 13.0. The highest BCUT2D eigenvalue weighted by molar-refractivity contribution is 9.10. The van der Waals surface area contributed by atoms with Gasteiger partial charge < -0.3 is 20.0 Å². The van der Waals surface area contributed by atoms with Gasteiger partial charge in [0.2, 0.25) is 0 Å². The zero-order valence-corrected chi connectivity index (χ0v) is 16.7. The minimum Gasteiger partial charge on any atom is -0.396 e. The normalized spacial score (nSPS) is 26.5. The lowest BCUT2D eigenvalue weighted by Crippen LogP contribution is -2.60. The molecule has 0 radical (unpaired) electrons. The molecule has 1 fully saturated rings.